The van der Waals surface area contributed by atoms with Gasteiger partial charge in [-0.3, -0.25) is 14.2 Å². The third-order valence-electron chi connectivity index (χ3n) is 2.67. The number of Topliss-reactive ketones (excluding diaryl/α,β-unsaturated/α-hetero) is 1. The Morgan fingerprint density at radius 3 is 2.95 bits per heavy atom. The Morgan fingerprint density at radius 1 is 1.40 bits per heavy atom. The molecule has 106 valence electrons. The van der Waals surface area contributed by atoms with Crippen LogP contribution < -0.4 is 5.76 Å². The molecule has 0 aliphatic carbocycles. The molecule has 0 atom stereocenters. The van der Waals surface area contributed by atoms with Crippen LogP contribution in [-0.2, 0) is 20.9 Å². The molecule has 0 saturated carbocycles. The Morgan fingerprint density at radius 2 is 2.20 bits per heavy atom. The molecule has 0 radical (unpaired) electrons. The number of fused-ring (bicyclic) bond motifs is 1. The fraction of sp³-hybridized carbons (Fsp3) is 0.385. The van der Waals surface area contributed by atoms with Gasteiger partial charge in [-0.05, 0) is 19.1 Å². The molecule has 7 nitrogen and oxygen atoms in total. The number of esters is 1. The van der Waals surface area contributed by atoms with E-state index in [1.165, 1.54) is 6.20 Å². The first-order valence-electron chi connectivity index (χ1n) is 6.23. The van der Waals surface area contributed by atoms with Crippen LogP contribution in [0.25, 0.3) is 11.2 Å². The predicted molar refractivity (Wildman–Crippen MR) is 69.1 cm³/mol. The van der Waals surface area contributed by atoms with Gasteiger partial charge in [0, 0.05) is 12.6 Å². The summed E-state index contributed by atoms with van der Waals surface area (Å²) in [5.74, 6) is -1.32. The number of oxazole rings is 1. The van der Waals surface area contributed by atoms with Crippen molar-refractivity contribution in [1.29, 1.82) is 0 Å². The molecular formula is C13H14N2O5. The highest BCUT2D eigenvalue weighted by molar-refractivity contribution is 5.83. The number of nitrogens with zero attached hydrogens (tertiary/aromatic N) is 2. The Balaban J connectivity index is 2.05. The van der Waals surface area contributed by atoms with Crippen molar-refractivity contribution in [2.24, 2.45) is 0 Å². The average Bonchev–Trinajstić information content (AvgIpc) is 2.73. The van der Waals surface area contributed by atoms with Gasteiger partial charge in [0.2, 0.25) is 0 Å². The van der Waals surface area contributed by atoms with E-state index in [-0.39, 0.29) is 31.8 Å². The molecule has 0 unspecified atom stereocenters. The maximum atomic E-state index is 11.8. The summed E-state index contributed by atoms with van der Waals surface area (Å²) in [6.07, 6.45) is 1.53. The second-order valence-corrected chi connectivity index (χ2v) is 4.12. The standard InChI is InChI=1S/C13H14N2O5/c1-2-19-11(17)6-5-9(16)8-15-12-10(20-13(15)18)4-3-7-14-12/h3-4,7H,2,5-6,8H2,1H3. The molecule has 2 aromatic rings. The summed E-state index contributed by atoms with van der Waals surface area (Å²) in [6.45, 7) is 1.81. The molecule has 0 amide bonds. The van der Waals surface area contributed by atoms with Crippen LogP contribution in [0.15, 0.2) is 27.5 Å². The molecule has 2 aromatic heterocycles. The molecule has 0 aliphatic rings. The number of rotatable bonds is 6. The number of pyridine rings is 1. The maximum Gasteiger partial charge on any atom is 0.421 e. The van der Waals surface area contributed by atoms with E-state index in [0.29, 0.717) is 11.2 Å². The van der Waals surface area contributed by atoms with Crippen molar-refractivity contribution in [3.05, 3.63) is 28.9 Å². The number of ether oxygens (including phenoxy) is 1. The number of ketones is 1. The first-order valence-corrected chi connectivity index (χ1v) is 6.23. The van der Waals surface area contributed by atoms with Crippen LogP contribution in [0.4, 0.5) is 0 Å². The fourth-order valence-electron chi connectivity index (χ4n) is 1.77. The quantitative estimate of drug-likeness (QED) is 0.729. The minimum Gasteiger partial charge on any atom is -0.466 e. The molecular weight excluding hydrogens is 264 g/mol. The van der Waals surface area contributed by atoms with Gasteiger partial charge in [-0.15, -0.1) is 0 Å². The van der Waals surface area contributed by atoms with E-state index in [9.17, 15) is 14.4 Å². The van der Waals surface area contributed by atoms with Crippen molar-refractivity contribution < 1.29 is 18.7 Å². The SMILES string of the molecule is CCOC(=O)CCC(=O)Cn1c(=O)oc2cccnc21. The number of carbonyl (C=O) groups is 2. The zero-order chi connectivity index (χ0) is 14.5. The predicted octanol–water partition coefficient (Wildman–Crippen LogP) is 0.902. The van der Waals surface area contributed by atoms with Crippen molar-refractivity contribution in [3.8, 4) is 0 Å². The van der Waals surface area contributed by atoms with E-state index >= 15 is 0 Å². The summed E-state index contributed by atoms with van der Waals surface area (Å²) in [4.78, 5) is 38.6. The summed E-state index contributed by atoms with van der Waals surface area (Å²) in [6, 6.07) is 3.24. The molecule has 0 N–H and O–H groups in total. The van der Waals surface area contributed by atoms with E-state index in [1.807, 2.05) is 0 Å². The van der Waals surface area contributed by atoms with E-state index < -0.39 is 11.7 Å². The van der Waals surface area contributed by atoms with Crippen LogP contribution in [0.3, 0.4) is 0 Å². The highest BCUT2D eigenvalue weighted by Crippen LogP contribution is 2.09. The van der Waals surface area contributed by atoms with Gasteiger partial charge in [-0.1, -0.05) is 0 Å². The van der Waals surface area contributed by atoms with Gasteiger partial charge in [-0.2, -0.15) is 0 Å². The topological polar surface area (TPSA) is 91.4 Å². The fourth-order valence-corrected chi connectivity index (χ4v) is 1.77. The van der Waals surface area contributed by atoms with Crippen molar-refractivity contribution in [1.82, 2.24) is 9.55 Å². The highest BCUT2D eigenvalue weighted by atomic mass is 16.5. The van der Waals surface area contributed by atoms with Gasteiger partial charge in [-0.25, -0.2) is 9.78 Å². The van der Waals surface area contributed by atoms with Crippen LogP contribution in [0, 0.1) is 0 Å². The Bertz CT molecular complexity index is 685. The molecule has 0 bridgehead atoms. The molecule has 0 fully saturated rings. The van der Waals surface area contributed by atoms with Gasteiger partial charge < -0.3 is 9.15 Å². The molecule has 2 rings (SSSR count). The Kier molecular flexibility index (Phi) is 4.29. The largest absolute Gasteiger partial charge is 0.466 e. The van der Waals surface area contributed by atoms with Crippen LogP contribution in [0.5, 0.6) is 0 Å². The van der Waals surface area contributed by atoms with Gasteiger partial charge in [0.15, 0.2) is 17.0 Å². The van der Waals surface area contributed by atoms with Gasteiger partial charge in [0.25, 0.3) is 0 Å². The van der Waals surface area contributed by atoms with Crippen molar-refractivity contribution in [2.75, 3.05) is 6.61 Å². The van der Waals surface area contributed by atoms with Crippen LogP contribution in [-0.4, -0.2) is 27.9 Å². The van der Waals surface area contributed by atoms with Crippen LogP contribution in [0.1, 0.15) is 19.8 Å². The summed E-state index contributed by atoms with van der Waals surface area (Å²) in [7, 11) is 0. The minimum atomic E-state index is -0.636. The molecule has 2 heterocycles. The first-order chi connectivity index (χ1) is 9.61. The van der Waals surface area contributed by atoms with Crippen molar-refractivity contribution in [3.63, 3.8) is 0 Å². The van der Waals surface area contributed by atoms with E-state index in [2.05, 4.69) is 4.98 Å². The molecule has 7 heteroatoms. The molecule has 0 saturated heterocycles. The van der Waals surface area contributed by atoms with Crippen LogP contribution >= 0.6 is 0 Å². The zero-order valence-electron chi connectivity index (χ0n) is 11.0. The third-order valence-corrected chi connectivity index (χ3v) is 2.67. The third kappa shape index (κ3) is 3.11. The first kappa shape index (κ1) is 14.0. The lowest BCUT2D eigenvalue weighted by atomic mass is 10.2. The second kappa shape index (κ2) is 6.14. The monoisotopic (exact) mass is 278 g/mol. The van der Waals surface area contributed by atoms with Crippen molar-refractivity contribution in [2.45, 2.75) is 26.3 Å². The van der Waals surface area contributed by atoms with Crippen LogP contribution in [0.2, 0.25) is 0 Å². The summed E-state index contributed by atoms with van der Waals surface area (Å²) in [5.41, 5.74) is 0.651. The summed E-state index contributed by atoms with van der Waals surface area (Å²) >= 11 is 0. The highest BCUT2D eigenvalue weighted by Gasteiger charge is 2.14. The van der Waals surface area contributed by atoms with Crippen molar-refractivity contribution >= 4 is 23.0 Å². The van der Waals surface area contributed by atoms with Gasteiger partial charge >= 0.3 is 11.7 Å². The molecule has 0 spiro atoms. The molecule has 20 heavy (non-hydrogen) atoms. The number of hydrogen-bond donors (Lipinski definition) is 0. The Labute approximate surface area is 114 Å². The van der Waals surface area contributed by atoms with E-state index in [0.717, 1.165) is 4.57 Å². The van der Waals surface area contributed by atoms with Gasteiger partial charge in [0.1, 0.15) is 0 Å². The Hall–Kier alpha value is -2.44. The second-order valence-electron chi connectivity index (χ2n) is 4.12. The number of aromatic nitrogens is 2. The summed E-state index contributed by atoms with van der Waals surface area (Å²) in [5, 5.41) is 0. The average molecular weight is 278 g/mol. The lowest BCUT2D eigenvalue weighted by Crippen LogP contribution is -2.21. The smallest absolute Gasteiger partial charge is 0.421 e. The molecule has 0 aliphatic heterocycles. The zero-order valence-corrected chi connectivity index (χ0v) is 11.0. The number of hydrogen-bond acceptors (Lipinski definition) is 6. The lowest BCUT2D eigenvalue weighted by Gasteiger charge is -2.02. The number of carbonyl (C=O) groups excluding carboxylic acids is 2. The normalized spacial score (nSPS) is 10.7. The molecule has 0 aromatic carbocycles. The maximum absolute atomic E-state index is 11.8. The lowest BCUT2D eigenvalue weighted by molar-refractivity contribution is -0.144. The van der Waals surface area contributed by atoms with E-state index in [4.69, 9.17) is 9.15 Å². The van der Waals surface area contributed by atoms with Gasteiger partial charge in [0.05, 0.1) is 19.6 Å². The van der Waals surface area contributed by atoms with E-state index in [1.54, 1.807) is 19.1 Å². The minimum absolute atomic E-state index is 0.00460. The summed E-state index contributed by atoms with van der Waals surface area (Å²) < 4.78 is 10.9.